The van der Waals surface area contributed by atoms with Gasteiger partial charge in [-0.1, -0.05) is 45.4 Å². The number of nitrogens with one attached hydrogen (secondary N) is 2. The normalized spacial score (nSPS) is 16.2. The topological polar surface area (TPSA) is 95.6 Å². The van der Waals surface area contributed by atoms with Crippen molar-refractivity contribution in [3.63, 3.8) is 0 Å². The number of amides is 2. The molecule has 2 aromatic carbocycles. The Balaban J connectivity index is 1.65. The third kappa shape index (κ3) is 7.56. The molecule has 190 valence electrons. The molecule has 7 nitrogen and oxygen atoms in total. The highest BCUT2D eigenvalue weighted by Crippen LogP contribution is 2.22. The van der Waals surface area contributed by atoms with Crippen LogP contribution in [0.1, 0.15) is 62.4 Å². The summed E-state index contributed by atoms with van der Waals surface area (Å²) in [5.74, 6) is 0.0892. The van der Waals surface area contributed by atoms with E-state index in [1.807, 2.05) is 12.1 Å². The summed E-state index contributed by atoms with van der Waals surface area (Å²) in [5, 5.41) is 2.99. The average Bonchev–Trinajstić information content (AvgIpc) is 2.84. The summed E-state index contributed by atoms with van der Waals surface area (Å²) in [5.41, 5.74) is 1.81. The molecular weight excluding hydrogens is 462 g/mol. The number of anilines is 1. The molecular formula is C27H37N3O4S. The number of sulfonamides is 1. The van der Waals surface area contributed by atoms with Crippen LogP contribution in [-0.2, 0) is 21.2 Å². The fourth-order valence-electron chi connectivity index (χ4n) is 4.24. The molecule has 2 aromatic rings. The Morgan fingerprint density at radius 3 is 2.54 bits per heavy atom. The molecule has 0 radical (unpaired) electrons. The highest BCUT2D eigenvalue weighted by molar-refractivity contribution is 7.92. The summed E-state index contributed by atoms with van der Waals surface area (Å²) in [7, 11) is -3.78. The molecule has 35 heavy (non-hydrogen) atoms. The molecule has 0 unspecified atom stereocenters. The fourth-order valence-corrected chi connectivity index (χ4v) is 5.29. The van der Waals surface area contributed by atoms with Gasteiger partial charge in [0.25, 0.3) is 15.9 Å². The zero-order chi connectivity index (χ0) is 25.4. The maximum Gasteiger partial charge on any atom is 0.261 e. The van der Waals surface area contributed by atoms with Gasteiger partial charge >= 0.3 is 0 Å². The van der Waals surface area contributed by atoms with Gasteiger partial charge in [0.05, 0.1) is 10.8 Å². The summed E-state index contributed by atoms with van der Waals surface area (Å²) in [6.07, 6.45) is 4.33. The van der Waals surface area contributed by atoms with Crippen LogP contribution >= 0.6 is 0 Å². The third-order valence-corrected chi connectivity index (χ3v) is 7.63. The zero-order valence-electron chi connectivity index (χ0n) is 20.9. The number of hydrogen-bond acceptors (Lipinski definition) is 4. The molecule has 8 heteroatoms. The highest BCUT2D eigenvalue weighted by Gasteiger charge is 2.29. The van der Waals surface area contributed by atoms with E-state index in [1.165, 1.54) is 0 Å². The van der Waals surface area contributed by atoms with Gasteiger partial charge in [0.1, 0.15) is 0 Å². The van der Waals surface area contributed by atoms with Crippen LogP contribution in [0.25, 0.3) is 0 Å². The quantitative estimate of drug-likeness (QED) is 0.505. The predicted octanol–water partition coefficient (Wildman–Crippen LogP) is 4.45. The first-order valence-corrected chi connectivity index (χ1v) is 14.0. The Morgan fingerprint density at radius 2 is 1.86 bits per heavy atom. The number of hydrogen-bond donors (Lipinski definition) is 2. The molecule has 3 rings (SSSR count). The molecule has 1 heterocycles. The van der Waals surface area contributed by atoms with E-state index in [2.05, 4.69) is 30.8 Å². The van der Waals surface area contributed by atoms with Crippen LogP contribution in [0.5, 0.6) is 0 Å². The first kappa shape index (κ1) is 26.7. The average molecular weight is 500 g/mol. The van der Waals surface area contributed by atoms with Crippen molar-refractivity contribution in [2.45, 2.75) is 57.8 Å². The molecule has 1 fully saturated rings. The van der Waals surface area contributed by atoms with Gasteiger partial charge in [-0.3, -0.25) is 14.3 Å². The van der Waals surface area contributed by atoms with Crippen LogP contribution < -0.4 is 10.0 Å². The van der Waals surface area contributed by atoms with Gasteiger partial charge in [-0.05, 0) is 67.5 Å². The predicted molar refractivity (Wildman–Crippen MR) is 139 cm³/mol. The minimum Gasteiger partial charge on any atom is -0.356 e. The van der Waals surface area contributed by atoms with Gasteiger partial charge in [-0.25, -0.2) is 8.42 Å². The largest absolute Gasteiger partial charge is 0.356 e. The summed E-state index contributed by atoms with van der Waals surface area (Å²) < 4.78 is 28.3. The lowest BCUT2D eigenvalue weighted by Gasteiger charge is -2.32. The van der Waals surface area contributed by atoms with E-state index in [-0.39, 0.29) is 22.6 Å². The van der Waals surface area contributed by atoms with Crippen molar-refractivity contribution in [1.82, 2.24) is 10.2 Å². The summed E-state index contributed by atoms with van der Waals surface area (Å²) in [6, 6.07) is 13.4. The number of carbonyl (C=O) groups is 2. The molecule has 2 N–H and O–H groups in total. The van der Waals surface area contributed by atoms with Crippen LogP contribution in [0.3, 0.4) is 0 Å². The van der Waals surface area contributed by atoms with E-state index < -0.39 is 10.0 Å². The van der Waals surface area contributed by atoms with Gasteiger partial charge in [0.15, 0.2) is 0 Å². The second kappa shape index (κ2) is 12.2. The number of nitrogens with zero attached hydrogens (tertiary/aromatic N) is 1. The summed E-state index contributed by atoms with van der Waals surface area (Å²) in [4.78, 5) is 27.6. The zero-order valence-corrected chi connectivity index (χ0v) is 21.7. The van der Waals surface area contributed by atoms with E-state index in [4.69, 9.17) is 0 Å². The molecule has 1 aliphatic heterocycles. The first-order valence-electron chi connectivity index (χ1n) is 12.5. The molecule has 1 saturated heterocycles. The van der Waals surface area contributed by atoms with Gasteiger partial charge in [0, 0.05) is 30.9 Å². The number of benzene rings is 2. The van der Waals surface area contributed by atoms with Gasteiger partial charge in [-0.2, -0.15) is 0 Å². The maximum absolute atomic E-state index is 13.2. The summed E-state index contributed by atoms with van der Waals surface area (Å²) in [6.45, 7) is 7.90. The van der Waals surface area contributed by atoms with Crippen LogP contribution in [-0.4, -0.2) is 44.8 Å². The molecule has 2 amide bonds. The maximum atomic E-state index is 13.2. The smallest absolute Gasteiger partial charge is 0.261 e. The molecule has 0 saturated carbocycles. The fraction of sp³-hybridized carbons (Fsp3) is 0.481. The van der Waals surface area contributed by atoms with E-state index in [9.17, 15) is 18.0 Å². The van der Waals surface area contributed by atoms with E-state index in [1.54, 1.807) is 41.3 Å². The standard InChI is InChI=1S/C27H37N3O4S/c1-4-7-21-11-13-25(14-12-21)35(33,34)29-24-10-5-8-22(18-24)27(32)30-17-6-9-23(19-30)26(31)28-16-15-20(2)3/h5,8,10-14,18,20,23,29H,4,6-7,9,15-17,19H2,1-3H3,(H,28,31)/t23-/m0/s1. The van der Waals surface area contributed by atoms with Crippen molar-refractivity contribution < 1.29 is 18.0 Å². The van der Waals surface area contributed by atoms with E-state index in [0.717, 1.165) is 37.7 Å². The van der Waals surface area contributed by atoms with Crippen LogP contribution in [0, 0.1) is 11.8 Å². The van der Waals surface area contributed by atoms with Crippen molar-refractivity contribution in [1.29, 1.82) is 0 Å². The SMILES string of the molecule is CCCc1ccc(S(=O)(=O)Nc2cccc(C(=O)N3CCC[C@H](C(=O)NCCC(C)C)C3)c2)cc1. The van der Waals surface area contributed by atoms with Crippen molar-refractivity contribution >= 4 is 27.5 Å². The molecule has 0 bridgehead atoms. The van der Waals surface area contributed by atoms with Gasteiger partial charge in [0.2, 0.25) is 5.91 Å². The molecule has 1 atom stereocenters. The minimum absolute atomic E-state index is 0.00499. The Kier molecular flexibility index (Phi) is 9.32. The number of carbonyl (C=O) groups excluding carboxylic acids is 2. The first-order chi connectivity index (χ1) is 16.7. The molecule has 0 spiro atoms. The number of piperidine rings is 1. The Morgan fingerprint density at radius 1 is 1.11 bits per heavy atom. The van der Waals surface area contributed by atoms with E-state index in [0.29, 0.717) is 36.8 Å². The lowest BCUT2D eigenvalue weighted by Crippen LogP contribution is -2.45. The van der Waals surface area contributed by atoms with Crippen molar-refractivity contribution in [3.05, 3.63) is 59.7 Å². The van der Waals surface area contributed by atoms with E-state index >= 15 is 0 Å². The number of rotatable bonds is 10. The number of likely N-dealkylation sites (tertiary alicyclic amines) is 1. The number of aryl methyl sites for hydroxylation is 1. The van der Waals surface area contributed by atoms with Crippen LogP contribution in [0.2, 0.25) is 0 Å². The second-order valence-corrected chi connectivity index (χ2v) is 11.3. The van der Waals surface area contributed by atoms with Crippen molar-refractivity contribution in [2.24, 2.45) is 11.8 Å². The third-order valence-electron chi connectivity index (χ3n) is 6.23. The highest BCUT2D eigenvalue weighted by atomic mass is 32.2. The Hall–Kier alpha value is -2.87. The minimum atomic E-state index is -3.78. The van der Waals surface area contributed by atoms with Gasteiger partial charge < -0.3 is 10.2 Å². The Labute approximate surface area is 209 Å². The molecule has 0 aromatic heterocycles. The summed E-state index contributed by atoms with van der Waals surface area (Å²) >= 11 is 0. The molecule has 0 aliphatic carbocycles. The van der Waals surface area contributed by atoms with Crippen molar-refractivity contribution in [2.75, 3.05) is 24.4 Å². The second-order valence-electron chi connectivity index (χ2n) is 9.64. The monoisotopic (exact) mass is 499 g/mol. The Bertz CT molecular complexity index is 1110. The molecule has 1 aliphatic rings. The van der Waals surface area contributed by atoms with Gasteiger partial charge in [-0.15, -0.1) is 0 Å². The van der Waals surface area contributed by atoms with Crippen LogP contribution in [0.4, 0.5) is 5.69 Å². The lowest BCUT2D eigenvalue weighted by atomic mass is 9.96. The lowest BCUT2D eigenvalue weighted by molar-refractivity contribution is -0.126. The van der Waals surface area contributed by atoms with Crippen LogP contribution in [0.15, 0.2) is 53.4 Å². The van der Waals surface area contributed by atoms with Crippen molar-refractivity contribution in [3.8, 4) is 0 Å².